The van der Waals surface area contributed by atoms with Crippen molar-refractivity contribution in [1.29, 1.82) is 0 Å². The number of aliphatic carboxylic acids is 1. The maximum absolute atomic E-state index is 12.7. The van der Waals surface area contributed by atoms with Gasteiger partial charge in [0.2, 0.25) is 5.91 Å². The first-order valence-electron chi connectivity index (χ1n) is 8.63. The van der Waals surface area contributed by atoms with Crippen molar-refractivity contribution in [2.45, 2.75) is 58.3 Å². The van der Waals surface area contributed by atoms with Gasteiger partial charge in [-0.3, -0.25) is 9.59 Å². The smallest absolute Gasteiger partial charge is 0.336 e. The van der Waals surface area contributed by atoms with E-state index < -0.39 is 29.6 Å². The Hall–Kier alpha value is -1.67. The van der Waals surface area contributed by atoms with E-state index in [0.29, 0.717) is 19.4 Å². The number of epoxide rings is 1. The fourth-order valence-corrected chi connectivity index (χ4v) is 3.10. The minimum Gasteiger partial charge on any atom is -0.479 e. The van der Waals surface area contributed by atoms with E-state index in [0.717, 1.165) is 0 Å². The summed E-state index contributed by atoms with van der Waals surface area (Å²) in [5.41, 5.74) is -1.29. The Morgan fingerprint density at radius 3 is 2.36 bits per heavy atom. The lowest BCUT2D eigenvalue weighted by molar-refractivity contribution is -0.138. The molecule has 4 atom stereocenters. The number of aliphatic hydroxyl groups is 1. The van der Waals surface area contributed by atoms with E-state index >= 15 is 0 Å². The van der Waals surface area contributed by atoms with Crippen molar-refractivity contribution in [1.82, 2.24) is 10.6 Å². The van der Waals surface area contributed by atoms with Gasteiger partial charge < -0.3 is 25.6 Å². The average molecular weight is 356 g/mol. The Labute approximate surface area is 147 Å². The Balaban J connectivity index is 1.95. The summed E-state index contributed by atoms with van der Waals surface area (Å²) in [7, 11) is 0. The van der Waals surface area contributed by atoms with Gasteiger partial charge in [0.05, 0.1) is 0 Å². The highest BCUT2D eigenvalue weighted by atomic mass is 16.6. The lowest BCUT2D eigenvalue weighted by Gasteiger charge is -2.24. The first kappa shape index (κ1) is 19.7. The molecule has 0 spiro atoms. The van der Waals surface area contributed by atoms with Crippen LogP contribution in [0, 0.1) is 17.3 Å². The lowest BCUT2D eigenvalue weighted by atomic mass is 9.90. The van der Waals surface area contributed by atoms with Crippen molar-refractivity contribution in [3.8, 4) is 0 Å². The average Bonchev–Trinajstić information content (AvgIpc) is 3.40. The number of carbonyl (C=O) groups is 3. The molecule has 0 bridgehead atoms. The van der Waals surface area contributed by atoms with E-state index in [1.807, 2.05) is 27.7 Å². The van der Waals surface area contributed by atoms with E-state index in [4.69, 9.17) is 9.84 Å². The Bertz CT molecular complexity index is 561. The van der Waals surface area contributed by atoms with Crippen molar-refractivity contribution in [3.05, 3.63) is 0 Å². The molecule has 8 nitrogen and oxygen atoms in total. The van der Waals surface area contributed by atoms with Crippen LogP contribution in [0.5, 0.6) is 0 Å². The van der Waals surface area contributed by atoms with Crippen molar-refractivity contribution in [2.24, 2.45) is 17.3 Å². The summed E-state index contributed by atoms with van der Waals surface area (Å²) < 4.78 is 4.86. The molecule has 1 saturated carbocycles. The molecule has 8 heteroatoms. The number of rotatable bonds is 9. The fourth-order valence-electron chi connectivity index (χ4n) is 3.10. The van der Waals surface area contributed by atoms with Crippen LogP contribution in [0.3, 0.4) is 0 Å². The molecule has 0 aromatic rings. The van der Waals surface area contributed by atoms with Crippen LogP contribution in [0.15, 0.2) is 0 Å². The van der Waals surface area contributed by atoms with E-state index in [1.54, 1.807) is 0 Å². The predicted octanol–water partition coefficient (Wildman–Crippen LogP) is -0.106. The SMILES string of the molecule is CC(C)[C@@H]1CC1(NC(=O)[C@H]1O[C@@H]1C(=O)O)C(=O)NCCC(C)(C)CO. The van der Waals surface area contributed by atoms with Crippen LogP contribution < -0.4 is 10.6 Å². The molecule has 25 heavy (non-hydrogen) atoms. The number of amides is 2. The molecule has 1 aliphatic carbocycles. The van der Waals surface area contributed by atoms with Crippen LogP contribution in [-0.4, -0.2) is 58.9 Å². The van der Waals surface area contributed by atoms with Crippen LogP contribution in [0.1, 0.15) is 40.5 Å². The highest BCUT2D eigenvalue weighted by molar-refractivity contribution is 5.98. The summed E-state index contributed by atoms with van der Waals surface area (Å²) >= 11 is 0. The van der Waals surface area contributed by atoms with Gasteiger partial charge in [0.15, 0.2) is 12.2 Å². The number of carboxylic acids is 1. The van der Waals surface area contributed by atoms with Gasteiger partial charge in [-0.2, -0.15) is 0 Å². The number of hydrogen-bond donors (Lipinski definition) is 4. The van der Waals surface area contributed by atoms with E-state index in [9.17, 15) is 19.5 Å². The van der Waals surface area contributed by atoms with Crippen molar-refractivity contribution < 1.29 is 29.3 Å². The van der Waals surface area contributed by atoms with E-state index in [-0.39, 0.29) is 29.8 Å². The van der Waals surface area contributed by atoms with Gasteiger partial charge in [0, 0.05) is 13.2 Å². The second kappa shape index (κ2) is 6.92. The zero-order valence-corrected chi connectivity index (χ0v) is 15.2. The maximum Gasteiger partial charge on any atom is 0.336 e. The molecule has 4 N–H and O–H groups in total. The largest absolute Gasteiger partial charge is 0.479 e. The monoisotopic (exact) mass is 356 g/mol. The fraction of sp³-hybridized carbons (Fsp3) is 0.824. The maximum atomic E-state index is 12.7. The molecular formula is C17H28N2O6. The minimum atomic E-state index is -1.18. The van der Waals surface area contributed by atoms with Crippen molar-refractivity contribution in [2.75, 3.05) is 13.2 Å². The first-order valence-corrected chi connectivity index (χ1v) is 8.63. The van der Waals surface area contributed by atoms with Gasteiger partial charge in [0.25, 0.3) is 5.91 Å². The van der Waals surface area contributed by atoms with Crippen LogP contribution in [-0.2, 0) is 19.1 Å². The van der Waals surface area contributed by atoms with Crippen LogP contribution in [0.4, 0.5) is 0 Å². The van der Waals surface area contributed by atoms with Gasteiger partial charge in [-0.1, -0.05) is 27.7 Å². The van der Waals surface area contributed by atoms with Crippen LogP contribution >= 0.6 is 0 Å². The van der Waals surface area contributed by atoms with Gasteiger partial charge >= 0.3 is 5.97 Å². The van der Waals surface area contributed by atoms with Gasteiger partial charge in [-0.15, -0.1) is 0 Å². The Morgan fingerprint density at radius 1 is 1.28 bits per heavy atom. The van der Waals surface area contributed by atoms with Crippen molar-refractivity contribution in [3.63, 3.8) is 0 Å². The molecule has 0 aromatic carbocycles. The normalized spacial score (nSPS) is 30.7. The van der Waals surface area contributed by atoms with Gasteiger partial charge in [-0.05, 0) is 30.1 Å². The molecule has 2 rings (SSSR count). The minimum absolute atomic E-state index is 0.00401. The summed E-state index contributed by atoms with van der Waals surface area (Å²) in [5.74, 6) is -1.79. The summed E-state index contributed by atoms with van der Waals surface area (Å²) in [5, 5.41) is 23.7. The topological polar surface area (TPSA) is 128 Å². The summed E-state index contributed by atoms with van der Waals surface area (Å²) in [6, 6.07) is 0. The third-order valence-corrected chi connectivity index (χ3v) is 5.08. The number of carbonyl (C=O) groups excluding carboxylic acids is 2. The third-order valence-electron chi connectivity index (χ3n) is 5.08. The predicted molar refractivity (Wildman–Crippen MR) is 88.6 cm³/mol. The third kappa shape index (κ3) is 4.30. The zero-order chi connectivity index (χ0) is 19.0. The second-order valence-corrected chi connectivity index (χ2v) is 8.16. The summed E-state index contributed by atoms with van der Waals surface area (Å²) in [4.78, 5) is 35.7. The molecule has 0 aromatic heterocycles. The quantitative estimate of drug-likeness (QED) is 0.427. The highest BCUT2D eigenvalue weighted by Gasteiger charge is 2.64. The molecule has 2 fully saturated rings. The lowest BCUT2D eigenvalue weighted by Crippen LogP contribution is -2.53. The van der Waals surface area contributed by atoms with Crippen LogP contribution in [0.25, 0.3) is 0 Å². The molecule has 1 aliphatic heterocycles. The molecule has 1 unspecified atom stereocenters. The van der Waals surface area contributed by atoms with Gasteiger partial charge in [0.1, 0.15) is 5.54 Å². The van der Waals surface area contributed by atoms with E-state index in [1.165, 1.54) is 0 Å². The van der Waals surface area contributed by atoms with Crippen molar-refractivity contribution >= 4 is 17.8 Å². The number of nitrogens with one attached hydrogen (secondary N) is 2. The summed E-state index contributed by atoms with van der Waals surface area (Å²) in [6.45, 7) is 8.19. The molecule has 2 aliphatic rings. The van der Waals surface area contributed by atoms with Crippen LogP contribution in [0.2, 0.25) is 0 Å². The molecule has 142 valence electrons. The first-order chi connectivity index (χ1) is 11.5. The van der Waals surface area contributed by atoms with Gasteiger partial charge in [-0.25, -0.2) is 4.79 Å². The number of carboxylic acid groups (broad SMARTS) is 1. The molecule has 2 amide bonds. The molecular weight excluding hydrogens is 328 g/mol. The Kier molecular flexibility index (Phi) is 5.44. The molecule has 1 heterocycles. The number of aliphatic hydroxyl groups excluding tert-OH is 1. The van der Waals surface area contributed by atoms with E-state index in [2.05, 4.69) is 10.6 Å². The molecule has 0 radical (unpaired) electrons. The Morgan fingerprint density at radius 2 is 1.92 bits per heavy atom. The zero-order valence-electron chi connectivity index (χ0n) is 15.2. The second-order valence-electron chi connectivity index (χ2n) is 8.16. The number of hydrogen-bond acceptors (Lipinski definition) is 5. The standard InChI is InChI=1S/C17H28N2O6/c1-9(2)10-7-17(10,15(24)18-6-5-16(3,4)8-20)19-13(21)11-12(25-11)14(22)23/h9-12,20H,5-8H2,1-4H3,(H,18,24)(H,19,21)(H,22,23)/t10-,11-,12-,17?/m0/s1. The molecule has 1 saturated heterocycles. The highest BCUT2D eigenvalue weighted by Crippen LogP contribution is 2.49. The number of ether oxygens (including phenoxy) is 1. The summed E-state index contributed by atoms with van der Waals surface area (Å²) in [6.07, 6.45) is -1.01.